The first-order valence-corrected chi connectivity index (χ1v) is 9.43. The molecule has 0 radical (unpaired) electrons. The summed E-state index contributed by atoms with van der Waals surface area (Å²) in [6.07, 6.45) is 0. The van der Waals surface area contributed by atoms with Gasteiger partial charge in [0.15, 0.2) is 11.4 Å². The highest BCUT2D eigenvalue weighted by Gasteiger charge is 2.18. The Kier molecular flexibility index (Phi) is 3.24. The summed E-state index contributed by atoms with van der Waals surface area (Å²) in [6.45, 7) is 0. The van der Waals surface area contributed by atoms with Crippen molar-refractivity contribution in [3.05, 3.63) is 78.1 Å². The lowest BCUT2D eigenvalue weighted by atomic mass is 9.95. The molecule has 0 aliphatic carbocycles. The van der Waals surface area contributed by atoms with Gasteiger partial charge in [-0.25, -0.2) is 15.0 Å². The fraction of sp³-hybridized carbons (Fsp3) is 0. The first kappa shape index (κ1) is 16.4. The van der Waals surface area contributed by atoms with Crippen LogP contribution in [-0.4, -0.2) is 15.0 Å². The molecule has 0 amide bonds. The maximum absolute atomic E-state index is 9.49. The summed E-state index contributed by atoms with van der Waals surface area (Å²) in [7, 11) is 0. The number of para-hydroxylation sites is 1. The van der Waals surface area contributed by atoms with Crippen LogP contribution in [0.1, 0.15) is 11.4 Å². The number of hydrogen-bond acceptors (Lipinski definition) is 5. The third kappa shape index (κ3) is 2.12. The van der Waals surface area contributed by atoms with Gasteiger partial charge >= 0.3 is 0 Å². The third-order valence-corrected chi connectivity index (χ3v) is 5.51. The highest BCUT2D eigenvalue weighted by Crippen LogP contribution is 2.38. The standard InChI is InChI=1S/C25H11N5/c26-12-20-21(13-27)30-25-23(29-20)17-10-9-14-5-1-3-7-16(14)22(17)18-11-15-6-2-4-8-19(15)28-24(18)25/h1-11H. The lowest BCUT2D eigenvalue weighted by molar-refractivity contribution is 1.20. The Labute approximate surface area is 170 Å². The molecule has 6 rings (SSSR count). The molecule has 5 heteroatoms. The molecular weight excluding hydrogens is 370 g/mol. The second-order valence-corrected chi connectivity index (χ2v) is 7.13. The van der Waals surface area contributed by atoms with Gasteiger partial charge in [-0.15, -0.1) is 0 Å². The molecule has 0 bridgehead atoms. The number of benzene rings is 4. The van der Waals surface area contributed by atoms with Crippen molar-refractivity contribution in [1.29, 1.82) is 10.5 Å². The minimum Gasteiger partial charge on any atom is -0.245 e. The monoisotopic (exact) mass is 381 g/mol. The van der Waals surface area contributed by atoms with E-state index in [0.29, 0.717) is 16.6 Å². The molecular formula is C25H11N5. The molecule has 0 N–H and O–H groups in total. The predicted molar refractivity (Wildman–Crippen MR) is 117 cm³/mol. The number of pyridine rings is 1. The van der Waals surface area contributed by atoms with Crippen LogP contribution in [0.3, 0.4) is 0 Å². The van der Waals surface area contributed by atoms with E-state index in [0.717, 1.165) is 37.8 Å². The highest BCUT2D eigenvalue weighted by atomic mass is 14.9. The van der Waals surface area contributed by atoms with E-state index in [1.165, 1.54) is 0 Å². The molecule has 0 fully saturated rings. The van der Waals surface area contributed by atoms with E-state index in [1.54, 1.807) is 0 Å². The summed E-state index contributed by atoms with van der Waals surface area (Å²) in [5.74, 6) is 0. The number of nitrogens with zero attached hydrogens (tertiary/aromatic N) is 5. The van der Waals surface area contributed by atoms with Crippen LogP contribution in [0.15, 0.2) is 66.7 Å². The van der Waals surface area contributed by atoms with E-state index < -0.39 is 0 Å². The summed E-state index contributed by atoms with van der Waals surface area (Å²) in [4.78, 5) is 14.0. The van der Waals surface area contributed by atoms with Crippen LogP contribution in [0.5, 0.6) is 0 Å². The highest BCUT2D eigenvalue weighted by molar-refractivity contribution is 6.30. The Morgan fingerprint density at radius 2 is 1.23 bits per heavy atom. The van der Waals surface area contributed by atoms with Crippen molar-refractivity contribution in [2.75, 3.05) is 0 Å². The van der Waals surface area contributed by atoms with E-state index in [1.807, 2.05) is 60.7 Å². The van der Waals surface area contributed by atoms with Crippen LogP contribution >= 0.6 is 0 Å². The zero-order valence-corrected chi connectivity index (χ0v) is 15.6. The average molecular weight is 381 g/mol. The predicted octanol–water partition coefficient (Wildman–Crippen LogP) is 5.38. The van der Waals surface area contributed by atoms with E-state index in [-0.39, 0.29) is 11.4 Å². The van der Waals surface area contributed by atoms with Gasteiger partial charge in [0.05, 0.1) is 11.0 Å². The molecule has 136 valence electrons. The molecule has 2 heterocycles. The minimum absolute atomic E-state index is 0.0152. The maximum atomic E-state index is 9.49. The second-order valence-electron chi connectivity index (χ2n) is 7.13. The molecule has 6 aromatic rings. The molecule has 30 heavy (non-hydrogen) atoms. The molecule has 4 aromatic carbocycles. The molecule has 0 aliphatic rings. The average Bonchev–Trinajstić information content (AvgIpc) is 2.81. The van der Waals surface area contributed by atoms with Crippen molar-refractivity contribution in [2.24, 2.45) is 0 Å². The normalized spacial score (nSPS) is 11.3. The van der Waals surface area contributed by atoms with Crippen molar-refractivity contribution < 1.29 is 0 Å². The van der Waals surface area contributed by atoms with E-state index >= 15 is 0 Å². The Morgan fingerprint density at radius 3 is 2.03 bits per heavy atom. The molecule has 5 nitrogen and oxygen atoms in total. The number of aromatic nitrogens is 3. The van der Waals surface area contributed by atoms with E-state index in [9.17, 15) is 10.5 Å². The number of nitriles is 2. The van der Waals surface area contributed by atoms with Gasteiger partial charge in [0.25, 0.3) is 0 Å². The summed E-state index contributed by atoms with van der Waals surface area (Å²) in [5, 5.41) is 25.1. The Morgan fingerprint density at radius 1 is 0.567 bits per heavy atom. The quantitative estimate of drug-likeness (QED) is 0.260. The fourth-order valence-corrected chi connectivity index (χ4v) is 4.19. The maximum Gasteiger partial charge on any atom is 0.177 e. The summed E-state index contributed by atoms with van der Waals surface area (Å²) >= 11 is 0. The zero-order chi connectivity index (χ0) is 20.2. The van der Waals surface area contributed by atoms with Crippen LogP contribution in [0, 0.1) is 22.7 Å². The first-order chi connectivity index (χ1) is 14.8. The van der Waals surface area contributed by atoms with Gasteiger partial charge < -0.3 is 0 Å². The van der Waals surface area contributed by atoms with Crippen LogP contribution < -0.4 is 0 Å². The van der Waals surface area contributed by atoms with E-state index in [4.69, 9.17) is 4.98 Å². The molecule has 2 aromatic heterocycles. The third-order valence-electron chi connectivity index (χ3n) is 5.51. The molecule has 0 atom stereocenters. The van der Waals surface area contributed by atoms with Crippen molar-refractivity contribution in [3.8, 4) is 12.1 Å². The topological polar surface area (TPSA) is 86.2 Å². The van der Waals surface area contributed by atoms with Gasteiger partial charge in [-0.1, -0.05) is 54.6 Å². The number of fused-ring (bicyclic) bond motifs is 9. The zero-order valence-electron chi connectivity index (χ0n) is 15.6. The number of hydrogen-bond donors (Lipinski definition) is 0. The van der Waals surface area contributed by atoms with Crippen LogP contribution in [0.4, 0.5) is 0 Å². The van der Waals surface area contributed by atoms with Crippen molar-refractivity contribution >= 4 is 54.4 Å². The van der Waals surface area contributed by atoms with Gasteiger partial charge in [0.1, 0.15) is 23.2 Å². The second kappa shape index (κ2) is 5.94. The van der Waals surface area contributed by atoms with Gasteiger partial charge in [-0.05, 0) is 22.9 Å². The molecule has 0 spiro atoms. The smallest absolute Gasteiger partial charge is 0.177 e. The molecule has 0 saturated heterocycles. The van der Waals surface area contributed by atoms with Crippen molar-refractivity contribution in [3.63, 3.8) is 0 Å². The van der Waals surface area contributed by atoms with Gasteiger partial charge in [0, 0.05) is 21.5 Å². The lowest BCUT2D eigenvalue weighted by Gasteiger charge is -2.12. The molecule has 0 aliphatic heterocycles. The van der Waals surface area contributed by atoms with Crippen LogP contribution in [0.25, 0.3) is 54.4 Å². The Bertz CT molecular complexity index is 1740. The van der Waals surface area contributed by atoms with Gasteiger partial charge in [-0.2, -0.15) is 10.5 Å². The van der Waals surface area contributed by atoms with Crippen molar-refractivity contribution in [1.82, 2.24) is 15.0 Å². The SMILES string of the molecule is N#Cc1nc2c3ccc4ccccc4c3c3cc4ccccc4nc3c2nc1C#N. The summed E-state index contributed by atoms with van der Waals surface area (Å²) in [5.41, 5.74) is 2.69. The van der Waals surface area contributed by atoms with Gasteiger partial charge in [-0.3, -0.25) is 0 Å². The summed E-state index contributed by atoms with van der Waals surface area (Å²) < 4.78 is 0. The fourth-order valence-electron chi connectivity index (χ4n) is 4.19. The van der Waals surface area contributed by atoms with Gasteiger partial charge in [0.2, 0.25) is 0 Å². The van der Waals surface area contributed by atoms with Crippen LogP contribution in [-0.2, 0) is 0 Å². The lowest BCUT2D eigenvalue weighted by Crippen LogP contribution is -1.99. The summed E-state index contributed by atoms with van der Waals surface area (Å²) in [6, 6.07) is 26.3. The molecule has 0 unspecified atom stereocenters. The van der Waals surface area contributed by atoms with E-state index in [2.05, 4.69) is 28.2 Å². The minimum atomic E-state index is 0.0152. The Balaban J connectivity index is 2.00. The molecule has 0 saturated carbocycles. The largest absolute Gasteiger partial charge is 0.245 e. The van der Waals surface area contributed by atoms with Crippen LogP contribution in [0.2, 0.25) is 0 Å². The first-order valence-electron chi connectivity index (χ1n) is 9.43. The number of rotatable bonds is 0. The Hall–Kier alpha value is -4.61. The van der Waals surface area contributed by atoms with Crippen molar-refractivity contribution in [2.45, 2.75) is 0 Å².